The SMILES string of the molecule is C=C(C)CC(C)(C)c1cn(C(C)C)nn1. The number of hydrogen-bond donors (Lipinski definition) is 0. The largest absolute Gasteiger partial charge is 0.250 e. The van der Waals surface area contributed by atoms with Gasteiger partial charge in [-0.25, -0.2) is 4.68 Å². The van der Waals surface area contributed by atoms with Gasteiger partial charge in [0.25, 0.3) is 0 Å². The predicted octanol–water partition coefficient (Wildman–Crippen LogP) is 3.10. The molecule has 0 amide bonds. The third-order valence-corrected chi connectivity index (χ3v) is 2.48. The zero-order chi connectivity index (χ0) is 11.6. The number of aromatic nitrogens is 3. The highest BCUT2D eigenvalue weighted by molar-refractivity contribution is 5.13. The minimum Gasteiger partial charge on any atom is -0.250 e. The van der Waals surface area contributed by atoms with Gasteiger partial charge < -0.3 is 0 Å². The molecule has 0 saturated carbocycles. The number of allylic oxidation sites excluding steroid dienone is 1. The zero-order valence-electron chi connectivity index (χ0n) is 10.4. The molecule has 0 bridgehead atoms. The Kier molecular flexibility index (Phi) is 3.32. The topological polar surface area (TPSA) is 30.7 Å². The lowest BCUT2D eigenvalue weighted by Crippen LogP contribution is -2.18. The smallest absolute Gasteiger partial charge is 0.0886 e. The second-order valence-electron chi connectivity index (χ2n) is 5.20. The lowest BCUT2D eigenvalue weighted by atomic mass is 9.83. The van der Waals surface area contributed by atoms with Crippen LogP contribution in [0.4, 0.5) is 0 Å². The predicted molar refractivity (Wildman–Crippen MR) is 62.9 cm³/mol. The van der Waals surface area contributed by atoms with Crippen molar-refractivity contribution in [3.05, 3.63) is 24.0 Å². The summed E-state index contributed by atoms with van der Waals surface area (Å²) in [6, 6.07) is 0.367. The van der Waals surface area contributed by atoms with Gasteiger partial charge >= 0.3 is 0 Å². The van der Waals surface area contributed by atoms with Crippen molar-refractivity contribution in [1.82, 2.24) is 15.0 Å². The van der Waals surface area contributed by atoms with Crippen LogP contribution in [0.25, 0.3) is 0 Å². The first-order valence-electron chi connectivity index (χ1n) is 5.39. The van der Waals surface area contributed by atoms with Crippen molar-refractivity contribution in [3.63, 3.8) is 0 Å². The molecule has 0 aliphatic carbocycles. The Morgan fingerprint density at radius 1 is 1.53 bits per heavy atom. The fraction of sp³-hybridized carbons (Fsp3) is 0.667. The maximum Gasteiger partial charge on any atom is 0.0886 e. The third-order valence-electron chi connectivity index (χ3n) is 2.48. The monoisotopic (exact) mass is 207 g/mol. The van der Waals surface area contributed by atoms with Gasteiger partial charge in [-0.15, -0.1) is 11.7 Å². The van der Waals surface area contributed by atoms with E-state index in [2.05, 4.69) is 51.5 Å². The van der Waals surface area contributed by atoms with Gasteiger partial charge in [-0.1, -0.05) is 24.6 Å². The summed E-state index contributed by atoms with van der Waals surface area (Å²) in [6.07, 6.45) is 2.98. The van der Waals surface area contributed by atoms with Crippen LogP contribution in [-0.2, 0) is 5.41 Å². The summed E-state index contributed by atoms with van der Waals surface area (Å²) in [4.78, 5) is 0. The van der Waals surface area contributed by atoms with Crippen molar-refractivity contribution in [2.75, 3.05) is 0 Å². The van der Waals surface area contributed by atoms with Crippen LogP contribution in [0, 0.1) is 0 Å². The normalized spacial score (nSPS) is 12.1. The minimum absolute atomic E-state index is 0.0268. The Balaban J connectivity index is 2.89. The maximum atomic E-state index is 4.23. The van der Waals surface area contributed by atoms with Crippen LogP contribution < -0.4 is 0 Å². The molecule has 0 aliphatic rings. The van der Waals surface area contributed by atoms with E-state index in [-0.39, 0.29) is 5.41 Å². The van der Waals surface area contributed by atoms with Crippen molar-refractivity contribution in [2.45, 2.75) is 52.5 Å². The van der Waals surface area contributed by atoms with Gasteiger partial charge in [-0.2, -0.15) is 0 Å². The standard InChI is InChI=1S/C12H21N3/c1-9(2)7-12(5,6)11-8-15(10(3)4)14-13-11/h8,10H,1,7H2,2-6H3. The average Bonchev–Trinajstić information content (AvgIpc) is 2.48. The summed E-state index contributed by atoms with van der Waals surface area (Å²) in [7, 11) is 0. The van der Waals surface area contributed by atoms with E-state index in [4.69, 9.17) is 0 Å². The fourth-order valence-corrected chi connectivity index (χ4v) is 1.68. The van der Waals surface area contributed by atoms with Crippen LogP contribution in [0.5, 0.6) is 0 Å². The van der Waals surface area contributed by atoms with Gasteiger partial charge in [0.2, 0.25) is 0 Å². The molecule has 84 valence electrons. The zero-order valence-corrected chi connectivity index (χ0v) is 10.4. The van der Waals surface area contributed by atoms with E-state index < -0.39 is 0 Å². The summed E-state index contributed by atoms with van der Waals surface area (Å²) < 4.78 is 1.90. The molecule has 1 rings (SSSR count). The van der Waals surface area contributed by atoms with Gasteiger partial charge in [-0.3, -0.25) is 0 Å². The van der Waals surface area contributed by atoms with Crippen LogP contribution in [-0.4, -0.2) is 15.0 Å². The highest BCUT2D eigenvalue weighted by Crippen LogP contribution is 2.28. The highest BCUT2D eigenvalue weighted by atomic mass is 15.4. The van der Waals surface area contributed by atoms with Crippen molar-refractivity contribution in [3.8, 4) is 0 Å². The molecule has 0 aliphatic heterocycles. The Bertz CT molecular complexity index is 348. The first-order chi connectivity index (χ1) is 6.83. The Morgan fingerprint density at radius 3 is 2.53 bits per heavy atom. The van der Waals surface area contributed by atoms with E-state index >= 15 is 0 Å². The second kappa shape index (κ2) is 4.17. The van der Waals surface area contributed by atoms with E-state index in [1.807, 2.05) is 10.9 Å². The molecule has 0 atom stereocenters. The van der Waals surface area contributed by atoms with E-state index in [1.165, 1.54) is 5.57 Å². The molecule has 1 heterocycles. The summed E-state index contributed by atoms with van der Waals surface area (Å²) in [6.45, 7) is 14.6. The molecule has 3 nitrogen and oxygen atoms in total. The summed E-state index contributed by atoms with van der Waals surface area (Å²) in [5, 5.41) is 8.36. The average molecular weight is 207 g/mol. The lowest BCUT2D eigenvalue weighted by molar-refractivity contribution is 0.502. The van der Waals surface area contributed by atoms with Crippen molar-refractivity contribution in [1.29, 1.82) is 0 Å². The van der Waals surface area contributed by atoms with Gasteiger partial charge in [0.05, 0.1) is 5.69 Å². The highest BCUT2D eigenvalue weighted by Gasteiger charge is 2.24. The summed E-state index contributed by atoms with van der Waals surface area (Å²) >= 11 is 0. The van der Waals surface area contributed by atoms with E-state index in [9.17, 15) is 0 Å². The van der Waals surface area contributed by atoms with E-state index in [1.54, 1.807) is 0 Å². The van der Waals surface area contributed by atoms with Crippen molar-refractivity contribution >= 4 is 0 Å². The number of hydrogen-bond acceptors (Lipinski definition) is 2. The van der Waals surface area contributed by atoms with Crippen molar-refractivity contribution < 1.29 is 0 Å². The van der Waals surface area contributed by atoms with Crippen molar-refractivity contribution in [2.24, 2.45) is 0 Å². The van der Waals surface area contributed by atoms with Gasteiger partial charge in [0, 0.05) is 17.7 Å². The number of rotatable bonds is 4. The molecule has 0 fully saturated rings. The van der Waals surface area contributed by atoms with E-state index in [0.717, 1.165) is 12.1 Å². The fourth-order valence-electron chi connectivity index (χ4n) is 1.68. The molecule has 0 aromatic carbocycles. The first-order valence-corrected chi connectivity index (χ1v) is 5.39. The maximum absolute atomic E-state index is 4.23. The van der Waals surface area contributed by atoms with Gasteiger partial charge in [0.1, 0.15) is 0 Å². The quantitative estimate of drug-likeness (QED) is 0.710. The van der Waals surface area contributed by atoms with Crippen LogP contribution >= 0.6 is 0 Å². The molecular weight excluding hydrogens is 186 g/mol. The molecule has 1 aromatic heterocycles. The second-order valence-corrected chi connectivity index (χ2v) is 5.20. The summed E-state index contributed by atoms with van der Waals surface area (Å²) in [5.41, 5.74) is 2.25. The molecule has 15 heavy (non-hydrogen) atoms. The molecule has 0 unspecified atom stereocenters. The Morgan fingerprint density at radius 2 is 2.13 bits per heavy atom. The van der Waals surface area contributed by atoms with Gasteiger partial charge in [-0.05, 0) is 27.2 Å². The molecule has 0 radical (unpaired) electrons. The Hall–Kier alpha value is -1.12. The molecule has 0 spiro atoms. The molecule has 3 heteroatoms. The van der Waals surface area contributed by atoms with Crippen LogP contribution in [0.1, 0.15) is 52.8 Å². The molecular formula is C12H21N3. The molecule has 0 saturated heterocycles. The lowest BCUT2D eigenvalue weighted by Gasteiger charge is -2.21. The van der Waals surface area contributed by atoms with E-state index in [0.29, 0.717) is 6.04 Å². The van der Waals surface area contributed by atoms with Gasteiger partial charge in [0.15, 0.2) is 0 Å². The van der Waals surface area contributed by atoms with Crippen LogP contribution in [0.2, 0.25) is 0 Å². The third kappa shape index (κ3) is 2.91. The summed E-state index contributed by atoms with van der Waals surface area (Å²) in [5.74, 6) is 0. The van der Waals surface area contributed by atoms with Crippen LogP contribution in [0.3, 0.4) is 0 Å². The molecule has 0 N–H and O–H groups in total. The first kappa shape index (κ1) is 12.0. The Labute approximate surface area is 92.2 Å². The minimum atomic E-state index is 0.0268. The number of nitrogens with zero attached hydrogens (tertiary/aromatic N) is 3. The van der Waals surface area contributed by atoms with Crippen LogP contribution in [0.15, 0.2) is 18.3 Å². The molecule has 1 aromatic rings.